The third kappa shape index (κ3) is 2.66. The van der Waals surface area contributed by atoms with E-state index in [2.05, 4.69) is 0 Å². The molecule has 0 fully saturated rings. The molecule has 1 atom stereocenters. The first-order chi connectivity index (χ1) is 7.49. The summed E-state index contributed by atoms with van der Waals surface area (Å²) in [6.07, 6.45) is 0. The van der Waals surface area contributed by atoms with Gasteiger partial charge in [0.25, 0.3) is 5.91 Å². The Kier molecular flexibility index (Phi) is 4.56. The maximum atomic E-state index is 13.5. The number of hydrogen-bond donors (Lipinski definition) is 0. The Labute approximate surface area is 104 Å². The van der Waals surface area contributed by atoms with Crippen molar-refractivity contribution in [2.45, 2.75) is 13.0 Å². The molecule has 5 heteroatoms. The van der Waals surface area contributed by atoms with Crippen LogP contribution in [0.1, 0.15) is 17.3 Å². The monoisotopic (exact) mass is 263 g/mol. The van der Waals surface area contributed by atoms with Gasteiger partial charge in [-0.1, -0.05) is 17.7 Å². The standard InChI is InChI=1S/C11H12Cl2FNO/c1-7(6-12)15(2)11(16)10-8(13)4-3-5-9(10)14/h3-5,7H,6H2,1-2H3. The highest BCUT2D eigenvalue weighted by Crippen LogP contribution is 2.21. The predicted molar refractivity (Wildman–Crippen MR) is 63.7 cm³/mol. The summed E-state index contributed by atoms with van der Waals surface area (Å²) in [7, 11) is 1.57. The zero-order valence-corrected chi connectivity index (χ0v) is 10.5. The van der Waals surface area contributed by atoms with Crippen LogP contribution in [0.2, 0.25) is 5.02 Å². The zero-order valence-electron chi connectivity index (χ0n) is 9.01. The van der Waals surface area contributed by atoms with Crippen LogP contribution in [0.5, 0.6) is 0 Å². The number of carbonyl (C=O) groups is 1. The molecular formula is C11H12Cl2FNO. The van der Waals surface area contributed by atoms with E-state index in [4.69, 9.17) is 23.2 Å². The van der Waals surface area contributed by atoms with Crippen molar-refractivity contribution in [1.29, 1.82) is 0 Å². The fourth-order valence-corrected chi connectivity index (χ4v) is 1.63. The number of benzene rings is 1. The van der Waals surface area contributed by atoms with Gasteiger partial charge in [0.1, 0.15) is 5.82 Å². The van der Waals surface area contributed by atoms with E-state index in [1.807, 2.05) is 0 Å². The average molecular weight is 264 g/mol. The van der Waals surface area contributed by atoms with E-state index in [1.165, 1.54) is 23.1 Å². The van der Waals surface area contributed by atoms with Crippen molar-refractivity contribution in [1.82, 2.24) is 4.90 Å². The van der Waals surface area contributed by atoms with E-state index in [9.17, 15) is 9.18 Å². The minimum atomic E-state index is -0.619. The maximum absolute atomic E-state index is 13.5. The minimum absolute atomic E-state index is 0.108. The van der Waals surface area contributed by atoms with Crippen molar-refractivity contribution in [3.05, 3.63) is 34.6 Å². The van der Waals surface area contributed by atoms with Gasteiger partial charge in [0.2, 0.25) is 0 Å². The first-order valence-corrected chi connectivity index (χ1v) is 5.67. The molecule has 1 unspecified atom stereocenters. The Hall–Kier alpha value is -0.800. The third-order valence-electron chi connectivity index (χ3n) is 2.38. The molecule has 0 spiro atoms. The van der Waals surface area contributed by atoms with Gasteiger partial charge in [-0.05, 0) is 19.1 Å². The molecule has 2 nitrogen and oxygen atoms in total. The number of rotatable bonds is 3. The number of halogens is 3. The van der Waals surface area contributed by atoms with Crippen LogP contribution in [-0.4, -0.2) is 29.8 Å². The van der Waals surface area contributed by atoms with Crippen LogP contribution in [-0.2, 0) is 0 Å². The molecule has 1 rings (SSSR count). The molecule has 0 aromatic heterocycles. The Morgan fingerprint density at radius 1 is 1.56 bits per heavy atom. The molecule has 0 aliphatic heterocycles. The van der Waals surface area contributed by atoms with Gasteiger partial charge < -0.3 is 4.90 Å². The van der Waals surface area contributed by atoms with Gasteiger partial charge in [-0.3, -0.25) is 4.79 Å². The number of nitrogens with zero attached hydrogens (tertiary/aromatic N) is 1. The SMILES string of the molecule is CC(CCl)N(C)C(=O)c1c(F)cccc1Cl. The lowest BCUT2D eigenvalue weighted by atomic mass is 10.1. The highest BCUT2D eigenvalue weighted by Gasteiger charge is 2.22. The Morgan fingerprint density at radius 3 is 2.69 bits per heavy atom. The summed E-state index contributed by atoms with van der Waals surface area (Å²) in [5.74, 6) is -0.795. The largest absolute Gasteiger partial charge is 0.338 e. The number of amides is 1. The normalized spacial score (nSPS) is 12.3. The van der Waals surface area contributed by atoms with Gasteiger partial charge in [0.05, 0.1) is 10.6 Å². The van der Waals surface area contributed by atoms with Crippen molar-refractivity contribution in [3.63, 3.8) is 0 Å². The number of hydrogen-bond acceptors (Lipinski definition) is 1. The third-order valence-corrected chi connectivity index (χ3v) is 3.14. The molecule has 0 aliphatic rings. The lowest BCUT2D eigenvalue weighted by Crippen LogP contribution is -2.36. The first-order valence-electron chi connectivity index (χ1n) is 4.76. The highest BCUT2D eigenvalue weighted by molar-refractivity contribution is 6.33. The molecule has 1 aromatic carbocycles. The molecule has 1 aromatic rings. The van der Waals surface area contributed by atoms with Gasteiger partial charge in [-0.2, -0.15) is 0 Å². The van der Waals surface area contributed by atoms with Crippen LogP contribution in [0.4, 0.5) is 4.39 Å². The molecular weight excluding hydrogens is 252 g/mol. The zero-order chi connectivity index (χ0) is 12.3. The van der Waals surface area contributed by atoms with E-state index in [1.54, 1.807) is 14.0 Å². The van der Waals surface area contributed by atoms with Crippen LogP contribution >= 0.6 is 23.2 Å². The van der Waals surface area contributed by atoms with Gasteiger partial charge >= 0.3 is 0 Å². The van der Waals surface area contributed by atoms with Crippen molar-refractivity contribution < 1.29 is 9.18 Å². The molecule has 0 aliphatic carbocycles. The van der Waals surface area contributed by atoms with Crippen LogP contribution < -0.4 is 0 Å². The Balaban J connectivity index is 3.05. The number of carbonyl (C=O) groups excluding carboxylic acids is 1. The van der Waals surface area contributed by atoms with Crippen LogP contribution in [0, 0.1) is 5.82 Å². The second-order valence-corrected chi connectivity index (χ2v) is 4.23. The average Bonchev–Trinajstić information content (AvgIpc) is 2.26. The van der Waals surface area contributed by atoms with Gasteiger partial charge in [-0.25, -0.2) is 4.39 Å². The molecule has 0 bridgehead atoms. The molecule has 16 heavy (non-hydrogen) atoms. The van der Waals surface area contributed by atoms with E-state index in [0.717, 1.165) is 0 Å². The van der Waals surface area contributed by atoms with E-state index in [0.29, 0.717) is 0 Å². The second-order valence-electron chi connectivity index (χ2n) is 3.52. The molecule has 0 saturated carbocycles. The Morgan fingerprint density at radius 2 is 2.19 bits per heavy atom. The smallest absolute Gasteiger partial charge is 0.258 e. The quantitative estimate of drug-likeness (QED) is 0.768. The van der Waals surface area contributed by atoms with E-state index < -0.39 is 11.7 Å². The molecule has 0 heterocycles. The van der Waals surface area contributed by atoms with Crippen LogP contribution in [0.25, 0.3) is 0 Å². The summed E-state index contributed by atoms with van der Waals surface area (Å²) < 4.78 is 13.5. The Bertz CT molecular complexity index is 377. The van der Waals surface area contributed by atoms with Gasteiger partial charge in [0, 0.05) is 19.0 Å². The van der Waals surface area contributed by atoms with E-state index in [-0.39, 0.29) is 22.5 Å². The maximum Gasteiger partial charge on any atom is 0.258 e. The van der Waals surface area contributed by atoms with Gasteiger partial charge in [0.15, 0.2) is 0 Å². The topological polar surface area (TPSA) is 20.3 Å². The lowest BCUT2D eigenvalue weighted by Gasteiger charge is -2.23. The minimum Gasteiger partial charge on any atom is -0.338 e. The first kappa shape index (κ1) is 13.3. The summed E-state index contributed by atoms with van der Waals surface area (Å²) in [5.41, 5.74) is -0.108. The second kappa shape index (κ2) is 5.51. The van der Waals surface area contributed by atoms with E-state index >= 15 is 0 Å². The fraction of sp³-hybridized carbons (Fsp3) is 0.364. The van der Waals surface area contributed by atoms with Crippen molar-refractivity contribution in [3.8, 4) is 0 Å². The number of alkyl halides is 1. The molecule has 0 N–H and O–H groups in total. The molecule has 0 saturated heterocycles. The van der Waals surface area contributed by atoms with Crippen LogP contribution in [0.15, 0.2) is 18.2 Å². The van der Waals surface area contributed by atoms with Crippen molar-refractivity contribution >= 4 is 29.1 Å². The van der Waals surface area contributed by atoms with Crippen LogP contribution in [0.3, 0.4) is 0 Å². The highest BCUT2D eigenvalue weighted by atomic mass is 35.5. The fourth-order valence-electron chi connectivity index (χ4n) is 1.18. The van der Waals surface area contributed by atoms with Crippen molar-refractivity contribution in [2.75, 3.05) is 12.9 Å². The summed E-state index contributed by atoms with van der Waals surface area (Å²) in [4.78, 5) is 13.3. The predicted octanol–water partition coefficient (Wildman–Crippen LogP) is 3.18. The summed E-state index contributed by atoms with van der Waals surface area (Å²) >= 11 is 11.4. The molecule has 0 radical (unpaired) electrons. The summed E-state index contributed by atoms with van der Waals surface area (Å²) in [5, 5.41) is 0.110. The molecule has 88 valence electrons. The lowest BCUT2D eigenvalue weighted by molar-refractivity contribution is 0.0752. The van der Waals surface area contributed by atoms with Gasteiger partial charge in [-0.15, -0.1) is 11.6 Å². The summed E-state index contributed by atoms with van der Waals surface area (Å²) in [6, 6.07) is 3.97. The molecule has 1 amide bonds. The summed E-state index contributed by atoms with van der Waals surface area (Å²) in [6.45, 7) is 1.78. The van der Waals surface area contributed by atoms with Crippen molar-refractivity contribution in [2.24, 2.45) is 0 Å².